The van der Waals surface area contributed by atoms with Crippen molar-refractivity contribution in [3.05, 3.63) is 0 Å². The topological polar surface area (TPSA) is 63.6 Å². The van der Waals surface area contributed by atoms with Gasteiger partial charge in [0.25, 0.3) is 0 Å². The van der Waals surface area contributed by atoms with Crippen LogP contribution in [0.3, 0.4) is 0 Å². The van der Waals surface area contributed by atoms with Crippen molar-refractivity contribution in [3.8, 4) is 0 Å². The second-order valence-corrected chi connectivity index (χ2v) is 12.4. The zero-order chi connectivity index (χ0) is 29.4. The molecule has 0 amide bonds. The van der Waals surface area contributed by atoms with Gasteiger partial charge in [0.15, 0.2) is 0 Å². The highest BCUT2D eigenvalue weighted by Gasteiger charge is 2.13. The Kier molecular flexibility index (Phi) is 31.6. The summed E-state index contributed by atoms with van der Waals surface area (Å²) in [4.78, 5) is 22.8. The van der Waals surface area contributed by atoms with E-state index in [9.17, 15) is 9.59 Å². The van der Waals surface area contributed by atoms with E-state index in [0.717, 1.165) is 38.5 Å². The summed E-state index contributed by atoms with van der Waals surface area (Å²) in [5, 5.41) is 8.64. The molecule has 4 heteroatoms. The number of hydrogen-bond acceptors (Lipinski definition) is 3. The molecule has 4 nitrogen and oxygen atoms in total. The highest BCUT2D eigenvalue weighted by molar-refractivity contribution is 5.69. The maximum atomic E-state index is 12.3. The Labute approximate surface area is 250 Å². The van der Waals surface area contributed by atoms with Crippen LogP contribution in [0.2, 0.25) is 0 Å². The minimum Gasteiger partial charge on any atom is -0.481 e. The van der Waals surface area contributed by atoms with E-state index in [-0.39, 0.29) is 12.1 Å². The fraction of sp³-hybridized carbons (Fsp3) is 0.944. The average Bonchev–Trinajstić information content (AvgIpc) is 2.93. The van der Waals surface area contributed by atoms with Crippen LogP contribution in [0.4, 0.5) is 0 Å². The van der Waals surface area contributed by atoms with Gasteiger partial charge >= 0.3 is 11.9 Å². The van der Waals surface area contributed by atoms with Gasteiger partial charge in [-0.1, -0.05) is 168 Å². The lowest BCUT2D eigenvalue weighted by Gasteiger charge is -2.17. The zero-order valence-corrected chi connectivity index (χ0v) is 27.2. The van der Waals surface area contributed by atoms with E-state index in [1.165, 1.54) is 148 Å². The first-order valence-electron chi connectivity index (χ1n) is 18.0. The van der Waals surface area contributed by atoms with E-state index in [2.05, 4.69) is 13.8 Å². The molecule has 0 rings (SSSR count). The van der Waals surface area contributed by atoms with Crippen LogP contribution in [-0.4, -0.2) is 23.1 Å². The maximum Gasteiger partial charge on any atom is 0.306 e. The standard InChI is InChI=1S/C36H70O4/c1-3-5-6-7-8-9-15-20-23-26-29-33-36(39)40-34(30-4-2)31-27-24-21-18-16-13-11-10-12-14-17-19-22-25-28-32-35(37)38/h34H,3-33H2,1-2H3,(H,37,38). The number of carbonyl (C=O) groups excluding carboxylic acids is 1. The predicted octanol–water partition coefficient (Wildman–Crippen LogP) is 12.1. The van der Waals surface area contributed by atoms with Crippen molar-refractivity contribution in [2.24, 2.45) is 0 Å². The van der Waals surface area contributed by atoms with Crippen LogP contribution in [-0.2, 0) is 14.3 Å². The first kappa shape index (κ1) is 38.9. The van der Waals surface area contributed by atoms with Crippen LogP contribution in [0, 0.1) is 0 Å². The van der Waals surface area contributed by atoms with Gasteiger partial charge in [-0.05, 0) is 32.1 Å². The van der Waals surface area contributed by atoms with E-state index in [4.69, 9.17) is 9.84 Å². The van der Waals surface area contributed by atoms with Gasteiger partial charge in [0.1, 0.15) is 6.10 Å². The van der Waals surface area contributed by atoms with Gasteiger partial charge in [0.2, 0.25) is 0 Å². The number of unbranched alkanes of at least 4 members (excludes halogenated alkanes) is 24. The second kappa shape index (κ2) is 32.5. The highest BCUT2D eigenvalue weighted by atomic mass is 16.5. The maximum absolute atomic E-state index is 12.3. The van der Waals surface area contributed by atoms with Gasteiger partial charge in [-0.15, -0.1) is 0 Å². The molecular formula is C36H70O4. The molecule has 0 saturated heterocycles. The molecule has 40 heavy (non-hydrogen) atoms. The Hall–Kier alpha value is -1.06. The Balaban J connectivity index is 3.49. The molecule has 0 saturated carbocycles. The van der Waals surface area contributed by atoms with E-state index in [1.54, 1.807) is 0 Å². The number of carboxylic acid groups (broad SMARTS) is 1. The van der Waals surface area contributed by atoms with Crippen LogP contribution in [0.1, 0.15) is 213 Å². The number of carbonyl (C=O) groups is 2. The number of ether oxygens (including phenoxy) is 1. The number of carboxylic acids is 1. The Morgan fingerprint density at radius 3 is 1.18 bits per heavy atom. The van der Waals surface area contributed by atoms with Crippen molar-refractivity contribution in [3.63, 3.8) is 0 Å². The molecule has 0 aromatic rings. The van der Waals surface area contributed by atoms with Crippen molar-refractivity contribution in [2.75, 3.05) is 0 Å². The lowest BCUT2D eigenvalue weighted by atomic mass is 10.0. The minimum absolute atomic E-state index is 0.0325. The first-order chi connectivity index (χ1) is 19.6. The third-order valence-electron chi connectivity index (χ3n) is 8.31. The Morgan fingerprint density at radius 1 is 0.450 bits per heavy atom. The Morgan fingerprint density at radius 2 is 0.800 bits per heavy atom. The zero-order valence-electron chi connectivity index (χ0n) is 27.2. The summed E-state index contributed by atoms with van der Waals surface area (Å²) in [7, 11) is 0. The molecule has 0 bridgehead atoms. The summed E-state index contributed by atoms with van der Waals surface area (Å²) in [5.74, 6) is -0.631. The number of hydrogen-bond donors (Lipinski definition) is 1. The third kappa shape index (κ3) is 31.5. The van der Waals surface area contributed by atoms with Crippen LogP contribution in [0.5, 0.6) is 0 Å². The van der Waals surface area contributed by atoms with Crippen molar-refractivity contribution in [1.82, 2.24) is 0 Å². The molecule has 0 aliphatic rings. The van der Waals surface area contributed by atoms with Crippen LogP contribution in [0.15, 0.2) is 0 Å². The molecule has 0 spiro atoms. The largest absolute Gasteiger partial charge is 0.481 e. The van der Waals surface area contributed by atoms with E-state index in [1.807, 2.05) is 0 Å². The van der Waals surface area contributed by atoms with E-state index in [0.29, 0.717) is 12.8 Å². The molecule has 1 unspecified atom stereocenters. The van der Waals surface area contributed by atoms with Crippen molar-refractivity contribution in [2.45, 2.75) is 219 Å². The molecule has 0 aromatic carbocycles. The lowest BCUT2D eigenvalue weighted by Crippen LogP contribution is -2.18. The molecule has 0 aliphatic heterocycles. The fourth-order valence-electron chi connectivity index (χ4n) is 5.71. The molecule has 238 valence electrons. The quantitative estimate of drug-likeness (QED) is 0.0633. The van der Waals surface area contributed by atoms with Gasteiger partial charge in [0.05, 0.1) is 0 Å². The van der Waals surface area contributed by atoms with Crippen molar-refractivity contribution < 1.29 is 19.4 Å². The number of rotatable bonds is 33. The summed E-state index contributed by atoms with van der Waals surface area (Å²) in [6.45, 7) is 4.46. The molecule has 0 radical (unpaired) electrons. The molecule has 1 N–H and O–H groups in total. The van der Waals surface area contributed by atoms with Crippen LogP contribution >= 0.6 is 0 Å². The summed E-state index contributed by atoms with van der Waals surface area (Å²) in [6, 6.07) is 0. The van der Waals surface area contributed by atoms with Gasteiger partial charge in [0, 0.05) is 12.8 Å². The molecule has 0 aromatic heterocycles. The second-order valence-electron chi connectivity index (χ2n) is 12.4. The number of aliphatic carboxylic acids is 1. The molecule has 0 fully saturated rings. The minimum atomic E-state index is -0.664. The molecule has 0 heterocycles. The third-order valence-corrected chi connectivity index (χ3v) is 8.31. The normalized spacial score (nSPS) is 12.1. The average molecular weight is 567 g/mol. The SMILES string of the molecule is CCCCCCCCCCCCCC(=O)OC(CCC)CCCCCCCCCCCCCCCCCC(=O)O. The van der Waals surface area contributed by atoms with Crippen molar-refractivity contribution >= 4 is 11.9 Å². The predicted molar refractivity (Wildman–Crippen MR) is 172 cm³/mol. The lowest BCUT2D eigenvalue weighted by molar-refractivity contribution is -0.150. The van der Waals surface area contributed by atoms with Crippen LogP contribution in [0.25, 0.3) is 0 Å². The summed E-state index contributed by atoms with van der Waals surface area (Å²) >= 11 is 0. The fourth-order valence-corrected chi connectivity index (χ4v) is 5.71. The van der Waals surface area contributed by atoms with E-state index < -0.39 is 5.97 Å². The molecular weight excluding hydrogens is 496 g/mol. The highest BCUT2D eigenvalue weighted by Crippen LogP contribution is 2.18. The first-order valence-corrected chi connectivity index (χ1v) is 18.0. The van der Waals surface area contributed by atoms with Crippen molar-refractivity contribution in [1.29, 1.82) is 0 Å². The Bertz CT molecular complexity index is 533. The monoisotopic (exact) mass is 567 g/mol. The molecule has 1 atom stereocenters. The number of esters is 1. The van der Waals surface area contributed by atoms with Crippen LogP contribution < -0.4 is 0 Å². The summed E-state index contributed by atoms with van der Waals surface area (Å²) in [6.07, 6.45) is 37.5. The van der Waals surface area contributed by atoms with Gasteiger partial charge in [-0.25, -0.2) is 0 Å². The summed E-state index contributed by atoms with van der Waals surface area (Å²) < 4.78 is 5.86. The smallest absolute Gasteiger partial charge is 0.306 e. The summed E-state index contributed by atoms with van der Waals surface area (Å²) in [5.41, 5.74) is 0. The van der Waals surface area contributed by atoms with Gasteiger partial charge in [-0.2, -0.15) is 0 Å². The molecule has 0 aliphatic carbocycles. The van der Waals surface area contributed by atoms with Gasteiger partial charge in [-0.3, -0.25) is 9.59 Å². The van der Waals surface area contributed by atoms with Gasteiger partial charge < -0.3 is 9.84 Å². The van der Waals surface area contributed by atoms with E-state index >= 15 is 0 Å².